The van der Waals surface area contributed by atoms with Gasteiger partial charge in [-0.1, -0.05) is 27.7 Å². The second-order valence-electron chi connectivity index (χ2n) is 4.22. The molecular weight excluding hydrogens is 170 g/mol. The largest absolute Gasteiger partial charge is 0.395 e. The maximum Gasteiger partial charge on any atom is 0.0547 e. The Bertz CT molecular complexity index is 122. The zero-order chi connectivity index (χ0) is 9.78. The topological polar surface area (TPSA) is 46.2 Å². The van der Waals surface area contributed by atoms with Gasteiger partial charge in [0.15, 0.2) is 0 Å². The minimum Gasteiger partial charge on any atom is -0.395 e. The number of nitrogens with two attached hydrogens (primary N) is 1. The minimum absolute atomic E-state index is 0.225. The van der Waals surface area contributed by atoms with Crippen molar-refractivity contribution >= 4 is 11.8 Å². The molecule has 0 aromatic rings. The lowest BCUT2D eigenvalue weighted by Gasteiger charge is -2.30. The fraction of sp³-hybridized carbons (Fsp3) is 1.00. The normalized spacial score (nSPS) is 17.5. The van der Waals surface area contributed by atoms with Gasteiger partial charge in [-0.05, 0) is 5.41 Å². The molecule has 0 aromatic carbocycles. The van der Waals surface area contributed by atoms with Crippen molar-refractivity contribution in [3.05, 3.63) is 0 Å². The van der Waals surface area contributed by atoms with E-state index in [0.717, 1.165) is 0 Å². The van der Waals surface area contributed by atoms with Gasteiger partial charge in [0.1, 0.15) is 0 Å². The Kier molecular flexibility index (Phi) is 5.21. The molecule has 2 atom stereocenters. The molecule has 0 bridgehead atoms. The van der Waals surface area contributed by atoms with Crippen LogP contribution in [0.15, 0.2) is 0 Å². The molecule has 0 spiro atoms. The Labute approximate surface area is 79.9 Å². The lowest BCUT2D eigenvalue weighted by molar-refractivity contribution is 0.298. The van der Waals surface area contributed by atoms with Crippen LogP contribution in [0.4, 0.5) is 0 Å². The number of thioether (sulfide) groups is 1. The molecule has 0 aliphatic carbocycles. The quantitative estimate of drug-likeness (QED) is 0.707. The Morgan fingerprint density at radius 1 is 1.42 bits per heavy atom. The van der Waals surface area contributed by atoms with Crippen LogP contribution in [0.2, 0.25) is 0 Å². The van der Waals surface area contributed by atoms with Crippen LogP contribution in [-0.4, -0.2) is 28.8 Å². The second kappa shape index (κ2) is 5.10. The van der Waals surface area contributed by atoms with Crippen LogP contribution in [0.3, 0.4) is 0 Å². The smallest absolute Gasteiger partial charge is 0.0547 e. The first-order valence-electron chi connectivity index (χ1n) is 4.38. The zero-order valence-corrected chi connectivity index (χ0v) is 9.32. The summed E-state index contributed by atoms with van der Waals surface area (Å²) in [6, 6.07) is 0. The number of hydrogen-bond donors (Lipinski definition) is 2. The molecule has 0 saturated carbocycles. The Hall–Kier alpha value is 0.270. The molecule has 3 N–H and O–H groups in total. The van der Waals surface area contributed by atoms with Gasteiger partial charge in [0.2, 0.25) is 0 Å². The lowest BCUT2D eigenvalue weighted by Crippen LogP contribution is -2.32. The van der Waals surface area contributed by atoms with Crippen molar-refractivity contribution in [2.75, 3.05) is 13.2 Å². The summed E-state index contributed by atoms with van der Waals surface area (Å²) in [5, 5.41) is 9.60. The number of aliphatic hydroxyl groups excluding tert-OH is 1. The van der Waals surface area contributed by atoms with E-state index >= 15 is 0 Å². The van der Waals surface area contributed by atoms with E-state index in [1.807, 2.05) is 6.92 Å². The molecule has 0 aromatic heterocycles. The summed E-state index contributed by atoms with van der Waals surface area (Å²) in [5.41, 5.74) is 5.88. The Balaban J connectivity index is 4.00. The Morgan fingerprint density at radius 3 is 2.17 bits per heavy atom. The predicted molar refractivity (Wildman–Crippen MR) is 56.4 cm³/mol. The SMILES string of the molecule is CC(CO)SC(CN)C(C)(C)C. The highest BCUT2D eigenvalue weighted by atomic mass is 32.2. The monoisotopic (exact) mass is 191 g/mol. The van der Waals surface area contributed by atoms with Gasteiger partial charge in [0.05, 0.1) is 6.61 Å². The van der Waals surface area contributed by atoms with E-state index in [9.17, 15) is 0 Å². The molecule has 2 nitrogen and oxygen atoms in total. The van der Waals surface area contributed by atoms with Gasteiger partial charge in [-0.25, -0.2) is 0 Å². The van der Waals surface area contributed by atoms with Crippen LogP contribution >= 0.6 is 11.8 Å². The number of hydrogen-bond acceptors (Lipinski definition) is 3. The average Bonchev–Trinajstić information content (AvgIpc) is 1.97. The minimum atomic E-state index is 0.225. The predicted octanol–water partition coefficient (Wildman–Crippen LogP) is 1.47. The van der Waals surface area contributed by atoms with E-state index in [1.165, 1.54) is 0 Å². The van der Waals surface area contributed by atoms with Crippen LogP contribution in [0, 0.1) is 5.41 Å². The van der Waals surface area contributed by atoms with E-state index in [1.54, 1.807) is 11.8 Å². The van der Waals surface area contributed by atoms with Crippen LogP contribution in [0.5, 0.6) is 0 Å². The lowest BCUT2D eigenvalue weighted by atomic mass is 9.92. The first kappa shape index (κ1) is 12.3. The summed E-state index contributed by atoms with van der Waals surface area (Å²) < 4.78 is 0. The van der Waals surface area contributed by atoms with Crippen LogP contribution in [0.1, 0.15) is 27.7 Å². The number of aliphatic hydroxyl groups is 1. The highest BCUT2D eigenvalue weighted by Gasteiger charge is 2.25. The van der Waals surface area contributed by atoms with Gasteiger partial charge in [-0.15, -0.1) is 0 Å². The van der Waals surface area contributed by atoms with Crippen molar-refractivity contribution in [2.45, 2.75) is 38.2 Å². The van der Waals surface area contributed by atoms with Crippen molar-refractivity contribution in [3.8, 4) is 0 Å². The van der Waals surface area contributed by atoms with Crippen molar-refractivity contribution in [3.63, 3.8) is 0 Å². The maximum absolute atomic E-state index is 8.88. The van der Waals surface area contributed by atoms with E-state index in [2.05, 4.69) is 20.8 Å². The summed E-state index contributed by atoms with van der Waals surface area (Å²) in [5.74, 6) is 0. The van der Waals surface area contributed by atoms with Crippen molar-refractivity contribution in [1.82, 2.24) is 0 Å². The fourth-order valence-corrected chi connectivity index (χ4v) is 2.10. The van der Waals surface area contributed by atoms with Gasteiger partial charge >= 0.3 is 0 Å². The molecule has 0 aliphatic rings. The summed E-state index contributed by atoms with van der Waals surface area (Å²) in [7, 11) is 0. The summed E-state index contributed by atoms with van der Waals surface area (Å²) in [6.45, 7) is 9.49. The van der Waals surface area contributed by atoms with Gasteiger partial charge in [0, 0.05) is 17.0 Å². The van der Waals surface area contributed by atoms with Gasteiger partial charge < -0.3 is 10.8 Å². The second-order valence-corrected chi connectivity index (χ2v) is 5.87. The molecule has 2 unspecified atom stereocenters. The van der Waals surface area contributed by atoms with E-state index in [4.69, 9.17) is 10.8 Å². The summed E-state index contributed by atoms with van der Waals surface area (Å²) >= 11 is 1.78. The zero-order valence-electron chi connectivity index (χ0n) is 8.50. The van der Waals surface area contributed by atoms with Crippen molar-refractivity contribution < 1.29 is 5.11 Å². The molecule has 3 heteroatoms. The van der Waals surface area contributed by atoms with Gasteiger partial charge in [-0.2, -0.15) is 11.8 Å². The van der Waals surface area contributed by atoms with Gasteiger partial charge in [0.25, 0.3) is 0 Å². The third-order valence-corrected chi connectivity index (χ3v) is 3.68. The van der Waals surface area contributed by atoms with E-state index in [-0.39, 0.29) is 17.3 Å². The van der Waals surface area contributed by atoms with Gasteiger partial charge in [-0.3, -0.25) is 0 Å². The van der Waals surface area contributed by atoms with E-state index in [0.29, 0.717) is 11.8 Å². The van der Waals surface area contributed by atoms with Crippen LogP contribution in [-0.2, 0) is 0 Å². The standard InChI is InChI=1S/C9H21NOS/c1-7(6-11)12-8(5-10)9(2,3)4/h7-8,11H,5-6,10H2,1-4H3. The highest BCUT2D eigenvalue weighted by Crippen LogP contribution is 2.31. The van der Waals surface area contributed by atoms with Crippen LogP contribution < -0.4 is 5.73 Å². The highest BCUT2D eigenvalue weighted by molar-refractivity contribution is 8.00. The maximum atomic E-state index is 8.88. The number of rotatable bonds is 4. The fourth-order valence-electron chi connectivity index (χ4n) is 0.937. The molecule has 74 valence electrons. The van der Waals surface area contributed by atoms with Crippen LogP contribution in [0.25, 0.3) is 0 Å². The molecule has 0 radical (unpaired) electrons. The van der Waals surface area contributed by atoms with Crippen molar-refractivity contribution in [1.29, 1.82) is 0 Å². The molecule has 0 fully saturated rings. The molecule has 0 amide bonds. The molecule has 12 heavy (non-hydrogen) atoms. The molecular formula is C9H21NOS. The van der Waals surface area contributed by atoms with E-state index < -0.39 is 0 Å². The molecule has 0 rings (SSSR count). The molecule has 0 heterocycles. The Morgan fingerprint density at radius 2 is 1.92 bits per heavy atom. The first-order chi connectivity index (χ1) is 5.41. The van der Waals surface area contributed by atoms with Crippen molar-refractivity contribution in [2.24, 2.45) is 11.1 Å². The third kappa shape index (κ3) is 4.33. The first-order valence-corrected chi connectivity index (χ1v) is 5.32. The summed E-state index contributed by atoms with van der Waals surface area (Å²) in [6.07, 6.45) is 0. The summed E-state index contributed by atoms with van der Waals surface area (Å²) in [4.78, 5) is 0. The average molecular weight is 191 g/mol. The molecule has 0 aliphatic heterocycles. The molecule has 0 saturated heterocycles. The third-order valence-electron chi connectivity index (χ3n) is 1.83.